The third-order valence-corrected chi connectivity index (χ3v) is 13.1. The summed E-state index contributed by atoms with van der Waals surface area (Å²) in [5.74, 6) is -0.274. The lowest BCUT2D eigenvalue weighted by Gasteiger charge is -2.39. The van der Waals surface area contributed by atoms with Crippen molar-refractivity contribution in [2.24, 2.45) is 5.41 Å². The number of anilines is 2. The molecule has 4 aromatic carbocycles. The number of para-hydroxylation sites is 1. The predicted molar refractivity (Wildman–Crippen MR) is 236 cm³/mol. The summed E-state index contributed by atoms with van der Waals surface area (Å²) in [4.78, 5) is 31.8. The van der Waals surface area contributed by atoms with Crippen molar-refractivity contribution in [2.45, 2.75) is 44.4 Å². The lowest BCUT2D eigenvalue weighted by Crippen LogP contribution is -2.47. The Bertz CT molecular complexity index is 2290. The summed E-state index contributed by atoms with van der Waals surface area (Å²) >= 11 is 6.22. The van der Waals surface area contributed by atoms with E-state index in [2.05, 4.69) is 50.7 Å². The van der Waals surface area contributed by atoms with Gasteiger partial charge in [-0.05, 0) is 97.3 Å². The van der Waals surface area contributed by atoms with Crippen LogP contribution in [0.15, 0.2) is 101 Å². The highest BCUT2D eigenvalue weighted by Crippen LogP contribution is 2.43. The monoisotopic (exact) mass is 856 g/mol. The molecule has 0 unspecified atom stereocenters. The number of nitro benzene ring substituents is 1. The normalized spacial score (nSPS) is 17.6. The molecule has 0 spiro atoms. The molecule has 2 aliphatic heterocycles. The van der Waals surface area contributed by atoms with E-state index in [4.69, 9.17) is 21.1 Å². The minimum Gasteiger partial charge on any atom is -0.456 e. The molecule has 318 valence electrons. The Morgan fingerprint density at radius 3 is 2.37 bits per heavy atom. The molecule has 0 bridgehead atoms. The fourth-order valence-electron chi connectivity index (χ4n) is 8.16. The van der Waals surface area contributed by atoms with Gasteiger partial charge in [0.2, 0.25) is 0 Å². The summed E-state index contributed by atoms with van der Waals surface area (Å²) in [6.07, 6.45) is 3.95. The maximum Gasteiger partial charge on any atom is 0.293 e. The number of carbonyl (C=O) groups is 1. The maximum absolute atomic E-state index is 13.8. The number of hydrogen-bond donors (Lipinski definition) is 2. The average molecular weight is 857 g/mol. The first-order valence-corrected chi connectivity index (χ1v) is 22.4. The third kappa shape index (κ3) is 11.0. The fraction of sp³-hybridized carbons (Fsp3) is 0.400. The van der Waals surface area contributed by atoms with Crippen LogP contribution < -0.4 is 19.7 Å². The van der Waals surface area contributed by atoms with Gasteiger partial charge in [0, 0.05) is 75.2 Å². The molecule has 1 aliphatic carbocycles. The molecule has 2 N–H and O–H groups in total. The van der Waals surface area contributed by atoms with Crippen molar-refractivity contribution in [2.75, 3.05) is 82.3 Å². The maximum atomic E-state index is 13.8. The van der Waals surface area contributed by atoms with Gasteiger partial charge >= 0.3 is 0 Å². The van der Waals surface area contributed by atoms with Gasteiger partial charge in [-0.25, -0.2) is 13.1 Å². The quantitative estimate of drug-likeness (QED) is 0.0680. The lowest BCUT2D eigenvalue weighted by atomic mass is 9.73. The molecule has 3 aliphatic rings. The number of nitro groups is 1. The smallest absolute Gasteiger partial charge is 0.293 e. The molecule has 2 heterocycles. The molecule has 1 amide bonds. The number of piperazine rings is 1. The fourth-order valence-corrected chi connectivity index (χ4v) is 9.27. The van der Waals surface area contributed by atoms with Crippen LogP contribution in [0, 0.1) is 15.5 Å². The van der Waals surface area contributed by atoms with Gasteiger partial charge in [-0.15, -0.1) is 0 Å². The largest absolute Gasteiger partial charge is 0.456 e. The standard InChI is InChI=1S/C45H53ClN6O7S/c1-45(2)18-17-39(33-9-11-35(46)12-10-33)34(31-45)32-50-21-23-51(24-22-50)36-13-15-40(43(29-36)59-37-7-4-3-5-8-37)44(53)48-60(56,57)38-14-16-41(42(30-38)52(54)55)47-19-6-20-49-25-27-58-28-26-49/h3-5,7-16,29-30,47H,6,17-28,31-32H2,1-2H3,(H,48,53). The molecular weight excluding hydrogens is 804 g/mol. The topological polar surface area (TPSA) is 147 Å². The van der Waals surface area contributed by atoms with Crippen LogP contribution in [0.5, 0.6) is 11.5 Å². The molecule has 0 atom stereocenters. The first kappa shape index (κ1) is 43.1. The number of amides is 1. The Morgan fingerprint density at radius 1 is 0.917 bits per heavy atom. The number of ether oxygens (including phenoxy) is 2. The van der Waals surface area contributed by atoms with Crippen LogP contribution in [-0.2, 0) is 14.8 Å². The van der Waals surface area contributed by atoms with E-state index in [-0.39, 0.29) is 22.4 Å². The summed E-state index contributed by atoms with van der Waals surface area (Å²) in [5, 5.41) is 15.8. The van der Waals surface area contributed by atoms with Crippen molar-refractivity contribution in [3.05, 3.63) is 123 Å². The summed E-state index contributed by atoms with van der Waals surface area (Å²) < 4.78 is 40.9. The zero-order chi connectivity index (χ0) is 42.3. The number of benzene rings is 4. The van der Waals surface area contributed by atoms with E-state index in [1.165, 1.54) is 28.8 Å². The number of sulfonamides is 1. The molecule has 2 fully saturated rings. The van der Waals surface area contributed by atoms with Crippen LogP contribution in [0.2, 0.25) is 5.02 Å². The molecule has 2 saturated heterocycles. The summed E-state index contributed by atoms with van der Waals surface area (Å²) in [7, 11) is -4.52. The van der Waals surface area contributed by atoms with E-state index in [1.807, 2.05) is 18.2 Å². The number of carbonyl (C=O) groups excluding carboxylic acids is 1. The second-order valence-corrected chi connectivity index (χ2v) is 18.5. The van der Waals surface area contributed by atoms with E-state index < -0.39 is 31.4 Å². The highest BCUT2D eigenvalue weighted by atomic mass is 35.5. The molecule has 0 radical (unpaired) electrons. The van der Waals surface area contributed by atoms with Crippen LogP contribution in [0.3, 0.4) is 0 Å². The second kappa shape index (κ2) is 19.2. The molecule has 7 rings (SSSR count). The van der Waals surface area contributed by atoms with Crippen molar-refractivity contribution in [1.29, 1.82) is 0 Å². The first-order chi connectivity index (χ1) is 28.8. The zero-order valence-corrected chi connectivity index (χ0v) is 35.8. The number of rotatable bonds is 15. The Hall–Kier alpha value is -4.99. The minimum atomic E-state index is -4.52. The van der Waals surface area contributed by atoms with E-state index in [9.17, 15) is 23.3 Å². The van der Waals surface area contributed by atoms with Crippen molar-refractivity contribution >= 4 is 50.2 Å². The number of allylic oxidation sites excluding steroid dienone is 1. The number of hydrogen-bond acceptors (Lipinski definition) is 11. The molecule has 15 heteroatoms. The van der Waals surface area contributed by atoms with Crippen LogP contribution in [0.1, 0.15) is 55.5 Å². The van der Waals surface area contributed by atoms with Gasteiger partial charge in [-0.2, -0.15) is 0 Å². The van der Waals surface area contributed by atoms with Crippen molar-refractivity contribution in [3.8, 4) is 11.5 Å². The van der Waals surface area contributed by atoms with Gasteiger partial charge in [0.1, 0.15) is 17.2 Å². The Balaban J connectivity index is 1.04. The number of halogens is 1. The van der Waals surface area contributed by atoms with Gasteiger partial charge in [-0.1, -0.05) is 61.4 Å². The molecule has 0 aromatic heterocycles. The molecule has 0 saturated carbocycles. The van der Waals surface area contributed by atoms with Gasteiger partial charge in [0.15, 0.2) is 0 Å². The summed E-state index contributed by atoms with van der Waals surface area (Å²) in [5.41, 5.74) is 4.99. The highest BCUT2D eigenvalue weighted by Gasteiger charge is 2.30. The zero-order valence-electron chi connectivity index (χ0n) is 34.2. The van der Waals surface area contributed by atoms with Crippen LogP contribution in [0.25, 0.3) is 5.57 Å². The van der Waals surface area contributed by atoms with Gasteiger partial charge < -0.3 is 19.7 Å². The van der Waals surface area contributed by atoms with Crippen LogP contribution in [-0.4, -0.2) is 101 Å². The second-order valence-electron chi connectivity index (χ2n) is 16.4. The van der Waals surface area contributed by atoms with E-state index in [1.54, 1.807) is 42.5 Å². The Morgan fingerprint density at radius 2 is 1.65 bits per heavy atom. The highest BCUT2D eigenvalue weighted by molar-refractivity contribution is 7.90. The van der Waals surface area contributed by atoms with E-state index in [0.717, 1.165) is 94.8 Å². The van der Waals surface area contributed by atoms with Crippen LogP contribution in [0.4, 0.5) is 17.1 Å². The molecule has 13 nitrogen and oxygen atoms in total. The Labute approximate surface area is 357 Å². The number of nitrogens with zero attached hydrogens (tertiary/aromatic N) is 4. The molecular formula is C45H53ClN6O7S. The number of morpholine rings is 1. The lowest BCUT2D eigenvalue weighted by molar-refractivity contribution is -0.384. The third-order valence-electron chi connectivity index (χ3n) is 11.5. The Kier molecular flexibility index (Phi) is 13.8. The number of nitrogens with one attached hydrogen (secondary N) is 2. The predicted octanol–water partition coefficient (Wildman–Crippen LogP) is 8.08. The van der Waals surface area contributed by atoms with E-state index >= 15 is 0 Å². The van der Waals surface area contributed by atoms with Crippen molar-refractivity contribution in [3.63, 3.8) is 0 Å². The van der Waals surface area contributed by atoms with Crippen LogP contribution >= 0.6 is 11.6 Å². The van der Waals surface area contributed by atoms with E-state index in [0.29, 0.717) is 25.5 Å². The van der Waals surface area contributed by atoms with Crippen molar-refractivity contribution < 1.29 is 27.6 Å². The van der Waals surface area contributed by atoms with Crippen molar-refractivity contribution in [1.82, 2.24) is 14.5 Å². The summed E-state index contributed by atoms with van der Waals surface area (Å²) in [6.45, 7) is 13.0. The summed E-state index contributed by atoms with van der Waals surface area (Å²) in [6, 6.07) is 25.8. The average Bonchev–Trinajstić information content (AvgIpc) is 3.23. The SMILES string of the molecule is CC1(C)CCC(c2ccc(Cl)cc2)=C(CN2CCN(c3ccc(C(=O)NS(=O)(=O)c4ccc(NCCCN5CCOCC5)c([N+](=O)[O-])c4)c(Oc4ccccc4)c3)CC2)C1. The first-order valence-electron chi connectivity index (χ1n) is 20.5. The van der Waals surface area contributed by atoms with Gasteiger partial charge in [0.05, 0.1) is 28.6 Å². The molecule has 4 aromatic rings. The van der Waals surface area contributed by atoms with Gasteiger partial charge in [-0.3, -0.25) is 24.7 Å². The van der Waals surface area contributed by atoms with Gasteiger partial charge in [0.25, 0.3) is 21.6 Å². The molecule has 60 heavy (non-hydrogen) atoms. The minimum absolute atomic E-state index is 0.000511.